The van der Waals surface area contributed by atoms with E-state index in [2.05, 4.69) is 0 Å². The van der Waals surface area contributed by atoms with E-state index in [1.54, 1.807) is 102 Å². The van der Waals surface area contributed by atoms with E-state index < -0.39 is 42.4 Å². The molecule has 2 heterocycles. The Hall–Kier alpha value is -4.69. The highest BCUT2D eigenvalue weighted by atomic mass is 32.2. The van der Waals surface area contributed by atoms with Gasteiger partial charge >= 0.3 is 0 Å². The van der Waals surface area contributed by atoms with Crippen LogP contribution in [-0.2, 0) is 30.1 Å². The first-order valence-corrected chi connectivity index (χ1v) is 19.0. The average molecular weight is 687 g/mol. The van der Waals surface area contributed by atoms with Gasteiger partial charge in [0.15, 0.2) is 0 Å². The molecule has 0 saturated carbocycles. The molecule has 0 amide bonds. The fraction of sp³-hybridized carbons (Fsp3) is 0.118. The number of sulfonamides is 3. The summed E-state index contributed by atoms with van der Waals surface area (Å²) in [6.07, 6.45) is -2.13. The van der Waals surface area contributed by atoms with E-state index in [0.717, 1.165) is 11.1 Å². The predicted octanol–water partition coefficient (Wildman–Crippen LogP) is 5.57. The molecule has 0 aromatic heterocycles. The molecule has 0 saturated heterocycles. The summed E-state index contributed by atoms with van der Waals surface area (Å²) < 4.78 is 85.9. The van der Waals surface area contributed by atoms with Crippen molar-refractivity contribution >= 4 is 47.1 Å². The van der Waals surface area contributed by atoms with E-state index in [1.165, 1.54) is 32.9 Å². The summed E-state index contributed by atoms with van der Waals surface area (Å²) in [4.78, 5) is 1.69. The normalized spacial score (nSPS) is 17.6. The minimum Gasteiger partial charge on any atom is -0.320 e. The Kier molecular flexibility index (Phi) is 7.20. The van der Waals surface area contributed by atoms with Gasteiger partial charge in [-0.25, -0.2) is 39.0 Å². The van der Waals surface area contributed by atoms with Gasteiger partial charge in [-0.05, 0) is 74.5 Å². The SMILES string of the molecule is Cc1ccc(S(=O)(=O)N2c3ccccc3C3N(c4ccc(S(N)(=O)=O)cc4)C2c2ccccc2N3S(=O)(=O)c2ccc(C)cc2)cc1. The summed E-state index contributed by atoms with van der Waals surface area (Å²) in [7, 11) is -12.6. The molecule has 0 aliphatic carbocycles. The molecule has 2 aliphatic rings. The second-order valence-electron chi connectivity index (χ2n) is 11.5. The second kappa shape index (κ2) is 10.9. The lowest BCUT2D eigenvalue weighted by Crippen LogP contribution is -2.59. The number of benzene rings is 5. The molecule has 0 spiro atoms. The molecule has 10 nitrogen and oxygen atoms in total. The van der Waals surface area contributed by atoms with Crippen molar-refractivity contribution in [2.75, 3.05) is 13.5 Å². The zero-order chi connectivity index (χ0) is 33.3. The van der Waals surface area contributed by atoms with Crippen LogP contribution in [0.2, 0.25) is 0 Å². The monoisotopic (exact) mass is 686 g/mol. The third-order valence-electron chi connectivity index (χ3n) is 8.49. The first-order chi connectivity index (χ1) is 22.3. The highest BCUT2D eigenvalue weighted by molar-refractivity contribution is 7.93. The zero-order valence-electron chi connectivity index (χ0n) is 25.3. The molecule has 2 atom stereocenters. The summed E-state index contributed by atoms with van der Waals surface area (Å²) in [6, 6.07) is 32.4. The number of nitrogens with zero attached hydrogens (tertiary/aromatic N) is 3. The maximum atomic E-state index is 14.7. The zero-order valence-corrected chi connectivity index (χ0v) is 27.7. The minimum absolute atomic E-state index is 0.0630. The molecule has 5 aromatic carbocycles. The molecule has 13 heteroatoms. The van der Waals surface area contributed by atoms with Crippen LogP contribution in [0.15, 0.2) is 136 Å². The number of aryl methyl sites for hydroxylation is 2. The predicted molar refractivity (Wildman–Crippen MR) is 180 cm³/mol. The van der Waals surface area contributed by atoms with Crippen LogP contribution in [0, 0.1) is 13.8 Å². The van der Waals surface area contributed by atoms with Crippen LogP contribution in [0.5, 0.6) is 0 Å². The van der Waals surface area contributed by atoms with Crippen LogP contribution in [-0.4, -0.2) is 25.3 Å². The van der Waals surface area contributed by atoms with Crippen molar-refractivity contribution in [2.24, 2.45) is 5.14 Å². The molecule has 2 aliphatic heterocycles. The fourth-order valence-corrected chi connectivity index (χ4v) is 9.98. The van der Waals surface area contributed by atoms with E-state index in [0.29, 0.717) is 28.2 Å². The average Bonchev–Trinajstić information content (AvgIpc) is 3.04. The number of primary sulfonamides is 1. The molecule has 5 aromatic rings. The van der Waals surface area contributed by atoms with E-state index >= 15 is 0 Å². The van der Waals surface area contributed by atoms with Gasteiger partial charge in [-0.1, -0.05) is 71.8 Å². The maximum absolute atomic E-state index is 14.7. The van der Waals surface area contributed by atoms with Crippen molar-refractivity contribution in [2.45, 2.75) is 40.9 Å². The molecule has 2 N–H and O–H groups in total. The molecule has 240 valence electrons. The lowest BCUT2D eigenvalue weighted by molar-refractivity contribution is 0.482. The van der Waals surface area contributed by atoms with Crippen molar-refractivity contribution in [3.63, 3.8) is 0 Å². The fourth-order valence-electron chi connectivity index (χ4n) is 6.25. The molecule has 0 fully saturated rings. The van der Waals surface area contributed by atoms with Crippen LogP contribution >= 0.6 is 0 Å². The van der Waals surface area contributed by atoms with Crippen molar-refractivity contribution < 1.29 is 25.3 Å². The smallest absolute Gasteiger partial charge is 0.266 e. The topological polar surface area (TPSA) is 138 Å². The van der Waals surface area contributed by atoms with Crippen molar-refractivity contribution in [1.82, 2.24) is 0 Å². The summed E-state index contributed by atoms with van der Waals surface area (Å²) in [6.45, 7) is 3.73. The summed E-state index contributed by atoms with van der Waals surface area (Å²) >= 11 is 0. The van der Waals surface area contributed by atoms with Crippen molar-refractivity contribution in [3.8, 4) is 0 Å². The van der Waals surface area contributed by atoms with Gasteiger partial charge in [0.1, 0.15) is 12.3 Å². The summed E-state index contributed by atoms with van der Waals surface area (Å²) in [5.74, 6) is 0. The van der Waals surface area contributed by atoms with Crippen LogP contribution in [0.4, 0.5) is 17.1 Å². The molecule has 0 radical (unpaired) electrons. The molecular formula is C34H30N4O6S3. The Morgan fingerprint density at radius 1 is 0.489 bits per heavy atom. The molecule has 7 rings (SSSR count). The number of hydrogen-bond donors (Lipinski definition) is 1. The maximum Gasteiger partial charge on any atom is 0.266 e. The van der Waals surface area contributed by atoms with Crippen LogP contribution in [0.1, 0.15) is 34.6 Å². The first kappa shape index (κ1) is 30.9. The minimum atomic E-state index is -4.26. The Morgan fingerprint density at radius 3 is 1.23 bits per heavy atom. The number of anilines is 3. The van der Waals surface area contributed by atoms with Gasteiger partial charge in [-0.15, -0.1) is 0 Å². The highest BCUT2D eigenvalue weighted by Crippen LogP contribution is 2.57. The van der Waals surface area contributed by atoms with Gasteiger partial charge in [-0.3, -0.25) is 0 Å². The summed E-state index contributed by atoms with van der Waals surface area (Å²) in [5, 5.41) is 5.40. The van der Waals surface area contributed by atoms with Crippen LogP contribution < -0.4 is 18.6 Å². The molecule has 47 heavy (non-hydrogen) atoms. The lowest BCUT2D eigenvalue weighted by Gasteiger charge is -2.56. The Labute approximate surface area is 274 Å². The van der Waals surface area contributed by atoms with Gasteiger partial charge in [0.25, 0.3) is 20.0 Å². The third kappa shape index (κ3) is 4.97. The van der Waals surface area contributed by atoms with Crippen LogP contribution in [0.25, 0.3) is 0 Å². The van der Waals surface area contributed by atoms with Crippen molar-refractivity contribution in [3.05, 3.63) is 144 Å². The third-order valence-corrected chi connectivity index (χ3v) is 13.0. The van der Waals surface area contributed by atoms with E-state index in [1.807, 2.05) is 13.8 Å². The number of hydrogen-bond acceptors (Lipinski definition) is 7. The van der Waals surface area contributed by atoms with Gasteiger partial charge in [0.2, 0.25) is 10.0 Å². The van der Waals surface area contributed by atoms with Gasteiger partial charge in [-0.2, -0.15) is 0 Å². The molecule has 2 unspecified atom stereocenters. The van der Waals surface area contributed by atoms with Gasteiger partial charge in [0, 0.05) is 16.8 Å². The number of fused-ring (bicyclic) bond motifs is 6. The van der Waals surface area contributed by atoms with E-state index in [4.69, 9.17) is 5.14 Å². The Bertz CT molecular complexity index is 2220. The van der Waals surface area contributed by atoms with E-state index in [-0.39, 0.29) is 14.7 Å². The number of para-hydroxylation sites is 2. The second-order valence-corrected chi connectivity index (χ2v) is 16.7. The van der Waals surface area contributed by atoms with Gasteiger partial charge < -0.3 is 4.90 Å². The van der Waals surface area contributed by atoms with Gasteiger partial charge in [0.05, 0.1) is 26.1 Å². The van der Waals surface area contributed by atoms with Crippen LogP contribution in [0.3, 0.4) is 0 Å². The highest BCUT2D eigenvalue weighted by Gasteiger charge is 2.54. The Balaban J connectivity index is 1.56. The van der Waals surface area contributed by atoms with Crippen molar-refractivity contribution in [1.29, 1.82) is 0 Å². The first-order valence-electron chi connectivity index (χ1n) is 14.6. The van der Waals surface area contributed by atoms with E-state index in [9.17, 15) is 25.3 Å². The molecule has 2 bridgehead atoms. The number of nitrogens with two attached hydrogens (primary N) is 1. The lowest BCUT2D eigenvalue weighted by atomic mass is 9.95. The Morgan fingerprint density at radius 2 is 0.851 bits per heavy atom. The quantitative estimate of drug-likeness (QED) is 0.246. The largest absolute Gasteiger partial charge is 0.320 e. The molecular weight excluding hydrogens is 657 g/mol. The number of rotatable bonds is 6. The summed E-state index contributed by atoms with van der Waals surface area (Å²) in [5.41, 5.74) is 3.63. The standard InChI is InChI=1S/C34H30N4O6S3/c1-23-11-17-27(18-12-23)46(41,42)37-31-9-5-3-7-29(31)34-36(25-15-21-26(22-16-25)45(35,39)40)33(37)30-8-4-6-10-32(30)38(34)47(43,44)28-19-13-24(2)14-20-28/h3-22,33-34H,1-2H3,(H2,35,39,40).